The summed E-state index contributed by atoms with van der Waals surface area (Å²) in [5.41, 5.74) is 2.49. The monoisotopic (exact) mass is 344 g/mol. The Morgan fingerprint density at radius 2 is 1.80 bits per heavy atom. The molecule has 0 unspecified atom stereocenters. The Bertz CT molecular complexity index is 861. The number of nitrogens with one attached hydrogen (secondary N) is 1. The topological polar surface area (TPSA) is 19.0 Å². The first kappa shape index (κ1) is 17.3. The molecule has 0 atom stereocenters. The largest absolute Gasteiger partial charge is 0.416 e. The maximum absolute atomic E-state index is 12.5. The summed E-state index contributed by atoms with van der Waals surface area (Å²) in [6.07, 6.45) is 1.43. The molecular weight excluding hydrogens is 325 g/mol. The Morgan fingerprint density at radius 1 is 1.04 bits per heavy atom. The maximum atomic E-state index is 12.5. The number of fused-ring (bicyclic) bond motifs is 1. The van der Waals surface area contributed by atoms with Gasteiger partial charge in [0.05, 0.1) is 5.56 Å². The molecule has 0 saturated carbocycles. The number of para-hydroxylation sites is 1. The van der Waals surface area contributed by atoms with Crippen molar-refractivity contribution in [3.8, 4) is 0 Å². The van der Waals surface area contributed by atoms with E-state index in [4.69, 9.17) is 0 Å². The summed E-state index contributed by atoms with van der Waals surface area (Å²) in [5, 5.41) is 1.19. The summed E-state index contributed by atoms with van der Waals surface area (Å²) in [7, 11) is 2.01. The summed E-state index contributed by atoms with van der Waals surface area (Å²) >= 11 is 0. The number of hydrogen-bond donors (Lipinski definition) is 1. The lowest BCUT2D eigenvalue weighted by molar-refractivity contribution is -0.137. The summed E-state index contributed by atoms with van der Waals surface area (Å²) in [5.74, 6) is 0. The predicted octanol–water partition coefficient (Wildman–Crippen LogP) is 5.33. The predicted molar refractivity (Wildman–Crippen MR) is 95.1 cm³/mol. The molecule has 5 heteroatoms. The third-order valence-electron chi connectivity index (χ3n) is 4.08. The lowest BCUT2D eigenvalue weighted by Crippen LogP contribution is -2.17. The van der Waals surface area contributed by atoms with Crippen molar-refractivity contribution in [1.29, 1.82) is 0 Å². The van der Waals surface area contributed by atoms with Crippen LogP contribution < -0.4 is 0 Å². The fourth-order valence-electron chi connectivity index (χ4n) is 2.79. The van der Waals surface area contributed by atoms with Gasteiger partial charge in [0.1, 0.15) is 0 Å². The number of H-pyrrole nitrogens is 1. The van der Waals surface area contributed by atoms with E-state index in [2.05, 4.69) is 22.0 Å². The number of nitrogens with zero attached hydrogens (tertiary/aromatic N) is 1. The fraction of sp³-hybridized carbons (Fsp3) is 0.200. The highest BCUT2D eigenvalue weighted by Gasteiger charge is 2.29. The minimum absolute atomic E-state index is 0.624. The first-order valence-corrected chi connectivity index (χ1v) is 8.01. The number of halogens is 3. The fourth-order valence-corrected chi connectivity index (χ4v) is 2.79. The molecule has 0 amide bonds. The molecule has 0 radical (unpaired) electrons. The van der Waals surface area contributed by atoms with Gasteiger partial charge in [0.25, 0.3) is 0 Å². The molecule has 3 rings (SSSR count). The Hall–Kier alpha value is -2.53. The van der Waals surface area contributed by atoms with E-state index in [0.717, 1.165) is 29.8 Å². The third-order valence-corrected chi connectivity index (χ3v) is 4.08. The average Bonchev–Trinajstić information content (AvgIpc) is 3.04. The van der Waals surface area contributed by atoms with Crippen molar-refractivity contribution in [1.82, 2.24) is 9.88 Å². The van der Waals surface area contributed by atoms with Gasteiger partial charge in [0.15, 0.2) is 0 Å². The van der Waals surface area contributed by atoms with E-state index in [9.17, 15) is 13.2 Å². The molecule has 0 aliphatic rings. The van der Waals surface area contributed by atoms with Gasteiger partial charge in [-0.2, -0.15) is 13.2 Å². The van der Waals surface area contributed by atoms with Crippen molar-refractivity contribution in [3.05, 3.63) is 77.5 Å². The molecule has 1 aromatic heterocycles. The van der Waals surface area contributed by atoms with Crippen LogP contribution in [0.5, 0.6) is 0 Å². The molecule has 2 nitrogen and oxygen atoms in total. The van der Waals surface area contributed by atoms with E-state index in [1.54, 1.807) is 0 Å². The Balaban J connectivity index is 1.59. The van der Waals surface area contributed by atoms with E-state index in [1.165, 1.54) is 23.1 Å². The number of hydrogen-bond acceptors (Lipinski definition) is 1. The van der Waals surface area contributed by atoms with Gasteiger partial charge in [-0.25, -0.2) is 0 Å². The minimum atomic E-state index is -4.29. The van der Waals surface area contributed by atoms with Crippen molar-refractivity contribution in [2.75, 3.05) is 13.6 Å². The number of likely N-dealkylation sites (N-methyl/N-ethyl adjacent to an activating group) is 1. The summed E-state index contributed by atoms with van der Waals surface area (Å²) in [6.45, 7) is 1.49. The van der Waals surface area contributed by atoms with E-state index in [-0.39, 0.29) is 0 Å². The molecule has 0 aliphatic heterocycles. The van der Waals surface area contributed by atoms with Crippen molar-refractivity contribution in [2.24, 2.45) is 0 Å². The van der Waals surface area contributed by atoms with Crippen LogP contribution >= 0.6 is 0 Å². The number of aromatic amines is 1. The molecule has 0 aliphatic carbocycles. The van der Waals surface area contributed by atoms with Crippen LogP contribution in [0.4, 0.5) is 13.2 Å². The molecule has 2 aromatic carbocycles. The van der Waals surface area contributed by atoms with E-state index >= 15 is 0 Å². The van der Waals surface area contributed by atoms with Crippen LogP contribution in [0.15, 0.2) is 60.8 Å². The van der Waals surface area contributed by atoms with E-state index in [1.807, 2.05) is 37.5 Å². The van der Waals surface area contributed by atoms with Gasteiger partial charge >= 0.3 is 6.18 Å². The molecule has 25 heavy (non-hydrogen) atoms. The molecule has 0 fully saturated rings. The quantitative estimate of drug-likeness (QED) is 0.663. The van der Waals surface area contributed by atoms with Crippen LogP contribution in [-0.2, 0) is 12.7 Å². The summed E-state index contributed by atoms with van der Waals surface area (Å²) < 4.78 is 37.6. The highest BCUT2D eigenvalue weighted by atomic mass is 19.4. The molecule has 130 valence electrons. The lowest BCUT2D eigenvalue weighted by atomic mass is 10.1. The normalized spacial score (nSPS) is 12.5. The lowest BCUT2D eigenvalue weighted by Gasteiger charge is -2.15. The Morgan fingerprint density at radius 3 is 2.52 bits per heavy atom. The molecule has 3 aromatic rings. The zero-order valence-corrected chi connectivity index (χ0v) is 13.8. The highest BCUT2D eigenvalue weighted by molar-refractivity contribution is 5.82. The first-order valence-electron chi connectivity index (χ1n) is 8.01. The molecule has 0 bridgehead atoms. The standard InChI is InChI=1S/C20H19F3N2/c1-25(14-17-6-2-5-16-11-12-24-19(16)17)13-3-4-15-7-9-18(10-8-15)20(21,22)23/h2-12,24H,13-14H2,1H3/b4-3+. The van der Waals surface area contributed by atoms with Gasteiger partial charge < -0.3 is 4.98 Å². The van der Waals surface area contributed by atoms with Crippen LogP contribution in [0, 0.1) is 0 Å². The molecule has 1 N–H and O–H groups in total. The maximum Gasteiger partial charge on any atom is 0.416 e. The Kier molecular flexibility index (Phi) is 4.95. The van der Waals surface area contributed by atoms with Crippen LogP contribution in [0.25, 0.3) is 17.0 Å². The number of alkyl halides is 3. The zero-order chi connectivity index (χ0) is 17.9. The van der Waals surface area contributed by atoms with Gasteiger partial charge in [-0.1, -0.05) is 42.5 Å². The minimum Gasteiger partial charge on any atom is -0.361 e. The SMILES string of the molecule is CN(C/C=C/c1ccc(C(F)(F)F)cc1)Cc1cccc2cc[nH]c12. The smallest absolute Gasteiger partial charge is 0.361 e. The molecule has 1 heterocycles. The first-order chi connectivity index (χ1) is 11.9. The highest BCUT2D eigenvalue weighted by Crippen LogP contribution is 2.29. The van der Waals surface area contributed by atoms with Crippen molar-refractivity contribution >= 4 is 17.0 Å². The van der Waals surface area contributed by atoms with Gasteiger partial charge in [-0.15, -0.1) is 0 Å². The number of rotatable bonds is 5. The summed E-state index contributed by atoms with van der Waals surface area (Å²) in [6, 6.07) is 13.4. The van der Waals surface area contributed by atoms with Gasteiger partial charge in [-0.3, -0.25) is 4.90 Å². The van der Waals surface area contributed by atoms with Crippen molar-refractivity contribution < 1.29 is 13.2 Å². The van der Waals surface area contributed by atoms with Gasteiger partial charge in [0.2, 0.25) is 0 Å². The zero-order valence-electron chi connectivity index (χ0n) is 13.8. The second kappa shape index (κ2) is 7.15. The molecule has 0 saturated heterocycles. The van der Waals surface area contributed by atoms with Gasteiger partial charge in [-0.05, 0) is 41.8 Å². The second-order valence-corrected chi connectivity index (χ2v) is 6.08. The summed E-state index contributed by atoms with van der Waals surface area (Å²) in [4.78, 5) is 5.41. The van der Waals surface area contributed by atoms with E-state index in [0.29, 0.717) is 6.54 Å². The van der Waals surface area contributed by atoms with E-state index < -0.39 is 11.7 Å². The number of aromatic nitrogens is 1. The molecular formula is C20H19F3N2. The van der Waals surface area contributed by atoms with Crippen LogP contribution in [0.1, 0.15) is 16.7 Å². The number of benzene rings is 2. The van der Waals surface area contributed by atoms with Crippen molar-refractivity contribution in [3.63, 3.8) is 0 Å². The van der Waals surface area contributed by atoms with Crippen molar-refractivity contribution in [2.45, 2.75) is 12.7 Å². The van der Waals surface area contributed by atoms with Gasteiger partial charge in [0, 0.05) is 24.8 Å². The average molecular weight is 344 g/mol. The third kappa shape index (κ3) is 4.31. The van der Waals surface area contributed by atoms with Crippen LogP contribution in [0.3, 0.4) is 0 Å². The van der Waals surface area contributed by atoms with Crippen LogP contribution in [0.2, 0.25) is 0 Å². The molecule has 0 spiro atoms. The Labute approximate surface area is 144 Å². The second-order valence-electron chi connectivity index (χ2n) is 6.08. The van der Waals surface area contributed by atoms with Crippen LogP contribution in [-0.4, -0.2) is 23.5 Å².